The number of rotatable bonds is 4. The molecule has 0 bridgehead atoms. The van der Waals surface area contributed by atoms with Gasteiger partial charge in [-0.1, -0.05) is 18.2 Å². The lowest BCUT2D eigenvalue weighted by atomic mass is 10.1. The Bertz CT molecular complexity index is 953. The van der Waals surface area contributed by atoms with E-state index in [1.807, 2.05) is 47.4 Å². The van der Waals surface area contributed by atoms with Gasteiger partial charge < -0.3 is 20.7 Å². The molecule has 2 amide bonds. The molecular weight excluding hydrogens is 372 g/mol. The number of hydroxylamine groups is 1. The second-order valence-electron chi connectivity index (χ2n) is 6.78. The number of piperazine rings is 1. The Hall–Kier alpha value is -3.56. The fourth-order valence-corrected chi connectivity index (χ4v) is 3.51. The lowest BCUT2D eigenvalue weighted by Gasteiger charge is -2.37. The van der Waals surface area contributed by atoms with E-state index < -0.39 is 5.91 Å². The number of hydrogen-bond acceptors (Lipinski definition) is 7. The summed E-state index contributed by atoms with van der Waals surface area (Å²) < 4.78 is 0. The molecule has 9 heteroatoms. The summed E-state index contributed by atoms with van der Waals surface area (Å²) in [6.45, 7) is 2.59. The molecule has 2 heterocycles. The van der Waals surface area contributed by atoms with Crippen molar-refractivity contribution in [1.82, 2.24) is 15.9 Å². The summed E-state index contributed by atoms with van der Waals surface area (Å²) in [5, 5.41) is 8.65. The van der Waals surface area contributed by atoms with E-state index in [9.17, 15) is 9.59 Å². The van der Waals surface area contributed by atoms with Crippen molar-refractivity contribution in [3.8, 4) is 0 Å². The lowest BCUT2D eigenvalue weighted by molar-refractivity contribution is -0.124. The topological polar surface area (TPSA) is 109 Å². The van der Waals surface area contributed by atoms with Crippen molar-refractivity contribution in [2.75, 3.05) is 41.9 Å². The van der Waals surface area contributed by atoms with Gasteiger partial charge in [0.05, 0.1) is 11.4 Å². The third-order valence-electron chi connectivity index (χ3n) is 5.03. The fourth-order valence-electron chi connectivity index (χ4n) is 3.51. The summed E-state index contributed by atoms with van der Waals surface area (Å²) >= 11 is 0. The number of benzene rings is 2. The Labute approximate surface area is 167 Å². The molecule has 0 spiro atoms. The number of amides is 2. The zero-order valence-corrected chi connectivity index (χ0v) is 15.7. The van der Waals surface area contributed by atoms with Crippen molar-refractivity contribution >= 4 is 35.0 Å². The van der Waals surface area contributed by atoms with E-state index in [4.69, 9.17) is 5.21 Å². The van der Waals surface area contributed by atoms with Crippen LogP contribution in [0, 0.1) is 0 Å². The molecular formula is C20H22N6O3. The molecule has 1 fully saturated rings. The first-order valence-corrected chi connectivity index (χ1v) is 9.32. The first-order chi connectivity index (χ1) is 14.2. The van der Waals surface area contributed by atoms with Gasteiger partial charge in [-0.2, -0.15) is 0 Å². The van der Waals surface area contributed by atoms with Crippen LogP contribution in [-0.4, -0.2) is 48.1 Å². The maximum atomic E-state index is 12.9. The predicted octanol–water partition coefficient (Wildman–Crippen LogP) is 1.42. The smallest absolute Gasteiger partial charge is 0.267 e. The second-order valence-corrected chi connectivity index (χ2v) is 6.78. The Morgan fingerprint density at radius 3 is 2.55 bits per heavy atom. The molecule has 9 nitrogen and oxygen atoms in total. The molecule has 4 rings (SSSR count). The van der Waals surface area contributed by atoms with Crippen LogP contribution in [0.1, 0.15) is 15.9 Å². The summed E-state index contributed by atoms with van der Waals surface area (Å²) in [6, 6.07) is 13.3. The molecule has 0 aromatic heterocycles. The molecule has 0 saturated carbocycles. The molecule has 0 radical (unpaired) electrons. The Morgan fingerprint density at radius 1 is 1.00 bits per heavy atom. The highest BCUT2D eigenvalue weighted by Crippen LogP contribution is 2.27. The van der Waals surface area contributed by atoms with E-state index in [-0.39, 0.29) is 5.91 Å². The summed E-state index contributed by atoms with van der Waals surface area (Å²) in [6.07, 6.45) is 2.95. The number of carbonyl (C=O) groups excluding carboxylic acids is 2. The molecule has 0 atom stereocenters. The Morgan fingerprint density at radius 2 is 1.76 bits per heavy atom. The SMILES string of the molecule is O=C(/C=C/c1ccccc1N1CCN(C(=O)c2ccc3c(c2)NNN3)CC1)NO. The van der Waals surface area contributed by atoms with Gasteiger partial charge in [-0.15, -0.1) is 5.53 Å². The normalized spacial score (nSPS) is 15.6. The van der Waals surface area contributed by atoms with Crippen LogP contribution in [0.25, 0.3) is 6.08 Å². The first-order valence-electron chi connectivity index (χ1n) is 9.32. The molecule has 2 aliphatic rings. The molecule has 0 unspecified atom stereocenters. The molecule has 1 saturated heterocycles. The van der Waals surface area contributed by atoms with Crippen LogP contribution >= 0.6 is 0 Å². The summed E-state index contributed by atoms with van der Waals surface area (Å²) in [4.78, 5) is 28.2. The largest absolute Gasteiger partial charge is 0.367 e. The zero-order chi connectivity index (χ0) is 20.2. The van der Waals surface area contributed by atoms with Crippen LogP contribution in [0.15, 0.2) is 48.5 Å². The van der Waals surface area contributed by atoms with Crippen LogP contribution in [0.2, 0.25) is 0 Å². The van der Waals surface area contributed by atoms with Crippen molar-refractivity contribution in [3.05, 3.63) is 59.7 Å². The molecule has 2 aromatic rings. The van der Waals surface area contributed by atoms with Gasteiger partial charge in [0.15, 0.2) is 0 Å². The van der Waals surface area contributed by atoms with Crippen LogP contribution in [0.5, 0.6) is 0 Å². The monoisotopic (exact) mass is 394 g/mol. The minimum absolute atomic E-state index is 0.00829. The van der Waals surface area contributed by atoms with Gasteiger partial charge in [0.1, 0.15) is 0 Å². The van der Waals surface area contributed by atoms with Gasteiger partial charge in [-0.25, -0.2) is 5.48 Å². The number of nitrogens with one attached hydrogen (secondary N) is 4. The minimum atomic E-state index is -0.579. The maximum absolute atomic E-state index is 12.9. The third-order valence-corrected chi connectivity index (χ3v) is 5.03. The number of carbonyl (C=O) groups is 2. The lowest BCUT2D eigenvalue weighted by Crippen LogP contribution is -2.49. The summed E-state index contributed by atoms with van der Waals surface area (Å²) in [5.41, 5.74) is 14.6. The van der Waals surface area contributed by atoms with Gasteiger partial charge in [-0.3, -0.25) is 14.8 Å². The second kappa shape index (κ2) is 8.21. The van der Waals surface area contributed by atoms with Crippen molar-refractivity contribution in [2.24, 2.45) is 0 Å². The number of hydrogen-bond donors (Lipinski definition) is 5. The van der Waals surface area contributed by atoms with Crippen LogP contribution < -0.4 is 26.8 Å². The first kappa shape index (κ1) is 18.8. The predicted molar refractivity (Wildman–Crippen MR) is 110 cm³/mol. The molecule has 2 aromatic carbocycles. The quantitative estimate of drug-likeness (QED) is 0.303. The van der Waals surface area contributed by atoms with E-state index in [2.05, 4.69) is 21.3 Å². The van der Waals surface area contributed by atoms with Gasteiger partial charge in [0.2, 0.25) is 0 Å². The third kappa shape index (κ3) is 4.00. The van der Waals surface area contributed by atoms with Gasteiger partial charge >= 0.3 is 0 Å². The average Bonchev–Trinajstić information content (AvgIpc) is 3.25. The standard InChI is InChI=1S/C20H22N6O3/c27-19(23-29)8-6-14-3-1-2-4-18(14)25-9-11-26(12-10-25)20(28)15-5-7-16-17(13-15)22-24-21-16/h1-8,13,21-22,24,29H,9-12H2,(H,23,27)/b8-6+. The maximum Gasteiger partial charge on any atom is 0.267 e. The molecule has 150 valence electrons. The summed E-state index contributed by atoms with van der Waals surface area (Å²) in [7, 11) is 0. The number of nitrogens with zero attached hydrogens (tertiary/aromatic N) is 2. The number of anilines is 3. The van der Waals surface area contributed by atoms with E-state index in [0.29, 0.717) is 31.7 Å². The highest BCUT2D eigenvalue weighted by molar-refractivity contribution is 5.97. The van der Waals surface area contributed by atoms with Crippen molar-refractivity contribution in [2.45, 2.75) is 0 Å². The van der Waals surface area contributed by atoms with E-state index >= 15 is 0 Å². The van der Waals surface area contributed by atoms with E-state index in [1.165, 1.54) is 6.08 Å². The van der Waals surface area contributed by atoms with Crippen LogP contribution in [0.3, 0.4) is 0 Å². The number of hydrazine groups is 2. The average molecular weight is 394 g/mol. The molecule has 0 aliphatic carbocycles. The van der Waals surface area contributed by atoms with Gasteiger partial charge in [0, 0.05) is 43.5 Å². The number of para-hydroxylation sites is 1. The molecule has 2 aliphatic heterocycles. The van der Waals surface area contributed by atoms with Crippen molar-refractivity contribution in [1.29, 1.82) is 0 Å². The Balaban J connectivity index is 1.43. The minimum Gasteiger partial charge on any atom is -0.367 e. The highest BCUT2D eigenvalue weighted by atomic mass is 16.5. The number of fused-ring (bicyclic) bond motifs is 1. The fraction of sp³-hybridized carbons (Fsp3) is 0.200. The van der Waals surface area contributed by atoms with Crippen molar-refractivity contribution < 1.29 is 14.8 Å². The van der Waals surface area contributed by atoms with E-state index in [0.717, 1.165) is 22.6 Å². The molecule has 29 heavy (non-hydrogen) atoms. The highest BCUT2D eigenvalue weighted by Gasteiger charge is 2.24. The van der Waals surface area contributed by atoms with Crippen molar-refractivity contribution in [3.63, 3.8) is 0 Å². The van der Waals surface area contributed by atoms with Crippen LogP contribution in [-0.2, 0) is 4.79 Å². The summed E-state index contributed by atoms with van der Waals surface area (Å²) in [5.74, 6) is -0.571. The van der Waals surface area contributed by atoms with E-state index in [1.54, 1.807) is 11.6 Å². The zero-order valence-electron chi connectivity index (χ0n) is 15.7. The van der Waals surface area contributed by atoms with Gasteiger partial charge in [0.25, 0.3) is 11.8 Å². The van der Waals surface area contributed by atoms with Crippen LogP contribution in [0.4, 0.5) is 17.1 Å². The molecule has 5 N–H and O–H groups in total. The van der Waals surface area contributed by atoms with Gasteiger partial charge in [-0.05, 0) is 35.9 Å². The Kier molecular flexibility index (Phi) is 5.32.